The molecule has 6 nitrogen and oxygen atoms in total. The standard InChI is InChI=1S/C47H26N4O2/c48-27-36-44(28-13-3-1-4-14-28)49-47(50-45(36)29-15-5-2-6-16-29)33-23-24-38(43-32-19-9-12-22-41(32)53-46(33)43)51-37-20-10-7-17-30(37)34-25-35-31-18-8-11-21-40(31)52-42(35)26-39(34)51/h1-26H. The predicted octanol–water partition coefficient (Wildman–Crippen LogP) is 12.2. The van der Waals surface area contributed by atoms with E-state index in [4.69, 9.17) is 18.8 Å². The molecule has 4 aromatic heterocycles. The van der Waals surface area contributed by atoms with Gasteiger partial charge in [0.1, 0.15) is 34.0 Å². The molecular formula is C47H26N4O2. The Morgan fingerprint density at radius 3 is 1.79 bits per heavy atom. The van der Waals surface area contributed by atoms with Gasteiger partial charge in [0, 0.05) is 44.1 Å². The van der Waals surface area contributed by atoms with Crippen molar-refractivity contribution in [3.05, 3.63) is 163 Å². The van der Waals surface area contributed by atoms with Gasteiger partial charge < -0.3 is 13.4 Å². The van der Waals surface area contributed by atoms with Gasteiger partial charge in [-0.1, -0.05) is 115 Å². The zero-order valence-corrected chi connectivity index (χ0v) is 28.1. The Balaban J connectivity index is 1.24. The van der Waals surface area contributed by atoms with E-state index in [-0.39, 0.29) is 0 Å². The van der Waals surface area contributed by atoms with Crippen LogP contribution in [0.3, 0.4) is 0 Å². The Bertz CT molecular complexity index is 3230. The van der Waals surface area contributed by atoms with Crippen LogP contribution in [0, 0.1) is 11.3 Å². The fourth-order valence-electron chi connectivity index (χ4n) is 7.92. The van der Waals surface area contributed by atoms with E-state index in [0.717, 1.165) is 82.5 Å². The summed E-state index contributed by atoms with van der Waals surface area (Å²) in [6, 6.07) is 55.5. The van der Waals surface area contributed by atoms with Gasteiger partial charge in [-0.2, -0.15) is 5.26 Å². The van der Waals surface area contributed by atoms with Gasteiger partial charge in [0.2, 0.25) is 0 Å². The Kier molecular flexibility index (Phi) is 6.22. The van der Waals surface area contributed by atoms with E-state index in [9.17, 15) is 5.26 Å². The molecule has 0 saturated carbocycles. The molecule has 0 radical (unpaired) electrons. The minimum absolute atomic E-state index is 0.422. The third-order valence-corrected chi connectivity index (χ3v) is 10.3. The van der Waals surface area contributed by atoms with Crippen molar-refractivity contribution >= 4 is 65.7 Å². The molecule has 246 valence electrons. The first kappa shape index (κ1) is 29.3. The van der Waals surface area contributed by atoms with Crippen LogP contribution in [0.1, 0.15) is 5.56 Å². The average Bonchev–Trinajstić information content (AvgIpc) is 3.89. The van der Waals surface area contributed by atoms with Gasteiger partial charge in [0.05, 0.1) is 39.1 Å². The van der Waals surface area contributed by atoms with Crippen LogP contribution in [0.15, 0.2) is 167 Å². The molecule has 0 fully saturated rings. The second kappa shape index (κ2) is 11.3. The number of para-hydroxylation sites is 3. The van der Waals surface area contributed by atoms with Crippen molar-refractivity contribution in [2.45, 2.75) is 0 Å². The molecule has 0 amide bonds. The molecule has 4 heterocycles. The second-order valence-electron chi connectivity index (χ2n) is 13.2. The maximum absolute atomic E-state index is 10.5. The molecule has 0 unspecified atom stereocenters. The summed E-state index contributed by atoms with van der Waals surface area (Å²) < 4.78 is 15.5. The molecule has 6 heteroatoms. The van der Waals surface area contributed by atoms with E-state index in [2.05, 4.69) is 71.3 Å². The topological polar surface area (TPSA) is 80.8 Å². The van der Waals surface area contributed by atoms with Crippen LogP contribution in [0.2, 0.25) is 0 Å². The Morgan fingerprint density at radius 2 is 1.09 bits per heavy atom. The highest BCUT2D eigenvalue weighted by Gasteiger charge is 2.25. The van der Waals surface area contributed by atoms with Crippen LogP contribution in [-0.4, -0.2) is 14.5 Å². The molecule has 7 aromatic carbocycles. The number of furan rings is 2. The van der Waals surface area contributed by atoms with Crippen LogP contribution in [0.5, 0.6) is 0 Å². The predicted molar refractivity (Wildman–Crippen MR) is 212 cm³/mol. The lowest BCUT2D eigenvalue weighted by molar-refractivity contribution is 0.669. The highest BCUT2D eigenvalue weighted by Crippen LogP contribution is 2.44. The summed E-state index contributed by atoms with van der Waals surface area (Å²) in [6.07, 6.45) is 0. The highest BCUT2D eigenvalue weighted by atomic mass is 16.3. The van der Waals surface area contributed by atoms with Gasteiger partial charge in [-0.25, -0.2) is 9.97 Å². The van der Waals surface area contributed by atoms with Crippen LogP contribution in [0.4, 0.5) is 0 Å². The summed E-state index contributed by atoms with van der Waals surface area (Å²) in [5.41, 5.74) is 10.2. The van der Waals surface area contributed by atoms with Crippen molar-refractivity contribution < 1.29 is 8.83 Å². The molecule has 0 aliphatic rings. The quantitative estimate of drug-likeness (QED) is 0.185. The fourth-order valence-corrected chi connectivity index (χ4v) is 7.92. The number of nitrogens with zero attached hydrogens (tertiary/aromatic N) is 4. The molecule has 53 heavy (non-hydrogen) atoms. The number of hydrogen-bond acceptors (Lipinski definition) is 5. The van der Waals surface area contributed by atoms with Crippen molar-refractivity contribution in [2.24, 2.45) is 0 Å². The summed E-state index contributed by atoms with van der Waals surface area (Å²) in [6.45, 7) is 0. The van der Waals surface area contributed by atoms with Gasteiger partial charge in [0.15, 0.2) is 5.82 Å². The average molecular weight is 679 g/mol. The molecule has 0 aliphatic carbocycles. The maximum Gasteiger partial charge on any atom is 0.164 e. The molecular weight excluding hydrogens is 653 g/mol. The normalized spacial score (nSPS) is 11.8. The molecule has 0 atom stereocenters. The van der Waals surface area contributed by atoms with Crippen molar-refractivity contribution in [1.82, 2.24) is 14.5 Å². The maximum atomic E-state index is 10.5. The minimum Gasteiger partial charge on any atom is -0.456 e. The summed E-state index contributed by atoms with van der Waals surface area (Å²) in [5.74, 6) is 0.475. The number of aromatic nitrogens is 3. The third-order valence-electron chi connectivity index (χ3n) is 10.3. The lowest BCUT2D eigenvalue weighted by atomic mass is 9.99. The Morgan fingerprint density at radius 1 is 0.491 bits per heavy atom. The van der Waals surface area contributed by atoms with E-state index in [1.165, 1.54) is 0 Å². The molecule has 11 aromatic rings. The lowest BCUT2D eigenvalue weighted by Crippen LogP contribution is -2.02. The number of nitriles is 1. The second-order valence-corrected chi connectivity index (χ2v) is 13.2. The summed E-state index contributed by atoms with van der Waals surface area (Å²) in [4.78, 5) is 10.2. The third kappa shape index (κ3) is 4.32. The molecule has 0 bridgehead atoms. The van der Waals surface area contributed by atoms with Gasteiger partial charge in [0.25, 0.3) is 0 Å². The first-order valence-electron chi connectivity index (χ1n) is 17.5. The van der Waals surface area contributed by atoms with E-state index in [1.54, 1.807) is 0 Å². The van der Waals surface area contributed by atoms with Crippen molar-refractivity contribution in [2.75, 3.05) is 0 Å². The number of hydrogen-bond donors (Lipinski definition) is 0. The largest absolute Gasteiger partial charge is 0.456 e. The molecule has 11 rings (SSSR count). The van der Waals surface area contributed by atoms with E-state index in [1.807, 2.05) is 97.1 Å². The van der Waals surface area contributed by atoms with Crippen molar-refractivity contribution in [1.29, 1.82) is 5.26 Å². The molecule has 0 spiro atoms. The van der Waals surface area contributed by atoms with Crippen LogP contribution >= 0.6 is 0 Å². The lowest BCUT2D eigenvalue weighted by Gasteiger charge is -2.14. The van der Waals surface area contributed by atoms with Gasteiger partial charge >= 0.3 is 0 Å². The van der Waals surface area contributed by atoms with Crippen molar-refractivity contribution in [3.8, 4) is 45.7 Å². The van der Waals surface area contributed by atoms with Crippen LogP contribution in [0.25, 0.3) is 105 Å². The SMILES string of the molecule is N#Cc1c(-c2ccccc2)nc(-c2ccc(-n3c4ccccc4c4cc5c(cc43)oc3ccccc35)c3c2oc2ccccc23)nc1-c1ccccc1. The van der Waals surface area contributed by atoms with Gasteiger partial charge in [-0.3, -0.25) is 0 Å². The first-order valence-corrected chi connectivity index (χ1v) is 17.5. The van der Waals surface area contributed by atoms with E-state index >= 15 is 0 Å². The first-order chi connectivity index (χ1) is 26.2. The molecule has 0 aliphatic heterocycles. The van der Waals surface area contributed by atoms with Gasteiger partial charge in [-0.05, 0) is 36.4 Å². The number of benzene rings is 7. The Labute approximate surface area is 302 Å². The summed E-state index contributed by atoms with van der Waals surface area (Å²) in [7, 11) is 0. The molecule has 0 saturated heterocycles. The summed E-state index contributed by atoms with van der Waals surface area (Å²) >= 11 is 0. The van der Waals surface area contributed by atoms with Gasteiger partial charge in [-0.15, -0.1) is 0 Å². The van der Waals surface area contributed by atoms with Crippen LogP contribution in [-0.2, 0) is 0 Å². The van der Waals surface area contributed by atoms with Crippen LogP contribution < -0.4 is 0 Å². The zero-order chi connectivity index (χ0) is 35.0. The number of fused-ring (bicyclic) bond motifs is 9. The monoisotopic (exact) mass is 678 g/mol. The fraction of sp³-hybridized carbons (Fsp3) is 0. The molecule has 0 N–H and O–H groups in total. The Hall–Kier alpha value is -7.49. The number of rotatable bonds is 4. The minimum atomic E-state index is 0.422. The zero-order valence-electron chi connectivity index (χ0n) is 28.1. The smallest absolute Gasteiger partial charge is 0.164 e. The highest BCUT2D eigenvalue weighted by molar-refractivity contribution is 6.20. The van der Waals surface area contributed by atoms with Crippen molar-refractivity contribution in [3.63, 3.8) is 0 Å². The summed E-state index contributed by atoms with van der Waals surface area (Å²) in [5, 5.41) is 16.9. The van der Waals surface area contributed by atoms with E-state index < -0.39 is 0 Å². The van der Waals surface area contributed by atoms with E-state index in [0.29, 0.717) is 28.4 Å².